The Balaban J connectivity index is 1.94. The second kappa shape index (κ2) is 7.89. The predicted octanol–water partition coefficient (Wildman–Crippen LogP) is 5.36. The molecule has 6 rings (SSSR count). The molecule has 0 bridgehead atoms. The molecule has 0 fully saturated rings. The van der Waals surface area contributed by atoms with E-state index in [1.807, 2.05) is 0 Å². The largest absolute Gasteiger partial charge is 0.504 e. The lowest BCUT2D eigenvalue weighted by atomic mass is 9.98. The van der Waals surface area contributed by atoms with Crippen LogP contribution in [0.2, 0.25) is 0 Å². The zero-order chi connectivity index (χ0) is 26.0. The number of aromatic hydroxyl groups is 2. The number of hydrogen-bond donors (Lipinski definition) is 2. The number of rotatable bonds is 4. The van der Waals surface area contributed by atoms with Crippen LogP contribution in [-0.2, 0) is 0 Å². The average Bonchev–Trinajstić information content (AvgIpc) is 3.24. The first-order chi connectivity index (χ1) is 17.8. The Hall–Kier alpha value is -5.25. The van der Waals surface area contributed by atoms with Gasteiger partial charge in [0, 0.05) is 46.1 Å². The van der Waals surface area contributed by atoms with Crippen LogP contribution < -0.4 is 15.1 Å². The SMILES string of the molecule is COc1cc2c(cc1O)oc(=O)c1c2c(-c2cccc([N+](=O)[O-])c2)c2c3cc(OC)c(O)cc3ccn21. The van der Waals surface area contributed by atoms with Gasteiger partial charge in [0.05, 0.1) is 24.7 Å². The molecule has 37 heavy (non-hydrogen) atoms. The summed E-state index contributed by atoms with van der Waals surface area (Å²) in [5, 5.41) is 34.5. The summed E-state index contributed by atoms with van der Waals surface area (Å²) in [5.74, 6) is 0.125. The molecule has 0 saturated carbocycles. The van der Waals surface area contributed by atoms with Gasteiger partial charge in [-0.25, -0.2) is 4.79 Å². The molecule has 0 unspecified atom stereocenters. The van der Waals surface area contributed by atoms with Crippen LogP contribution in [0.25, 0.3) is 49.3 Å². The van der Waals surface area contributed by atoms with Crippen molar-refractivity contribution in [3.05, 3.63) is 81.3 Å². The summed E-state index contributed by atoms with van der Waals surface area (Å²) >= 11 is 0. The third-order valence-corrected chi connectivity index (χ3v) is 6.51. The predicted molar refractivity (Wildman–Crippen MR) is 137 cm³/mol. The van der Waals surface area contributed by atoms with E-state index in [9.17, 15) is 25.1 Å². The molecule has 0 radical (unpaired) electrons. The van der Waals surface area contributed by atoms with Gasteiger partial charge in [-0.15, -0.1) is 0 Å². The first kappa shape index (κ1) is 22.2. The second-order valence-electron chi connectivity index (χ2n) is 8.46. The maximum absolute atomic E-state index is 13.3. The van der Waals surface area contributed by atoms with E-state index in [4.69, 9.17) is 13.9 Å². The number of ether oxygens (including phenoxy) is 2. The molecular weight excluding hydrogens is 480 g/mol. The van der Waals surface area contributed by atoms with Crippen LogP contribution in [0.3, 0.4) is 0 Å². The van der Waals surface area contributed by atoms with Crippen molar-refractivity contribution in [2.75, 3.05) is 14.2 Å². The molecule has 0 aliphatic rings. The summed E-state index contributed by atoms with van der Waals surface area (Å²) in [5.41, 5.74) is 1.11. The van der Waals surface area contributed by atoms with Gasteiger partial charge in [-0.1, -0.05) is 12.1 Å². The van der Waals surface area contributed by atoms with E-state index in [-0.39, 0.29) is 39.8 Å². The van der Waals surface area contributed by atoms with Crippen LogP contribution in [0.5, 0.6) is 23.0 Å². The van der Waals surface area contributed by atoms with Gasteiger partial charge in [0.25, 0.3) is 5.69 Å². The summed E-state index contributed by atoms with van der Waals surface area (Å²) in [4.78, 5) is 24.5. The van der Waals surface area contributed by atoms with Gasteiger partial charge < -0.3 is 28.5 Å². The quantitative estimate of drug-likeness (QED) is 0.188. The number of nitrogens with zero attached hydrogens (tertiary/aromatic N) is 2. The Bertz CT molecular complexity index is 1990. The molecule has 10 nitrogen and oxygen atoms in total. The number of phenols is 2. The van der Waals surface area contributed by atoms with E-state index >= 15 is 0 Å². The molecule has 0 aliphatic heterocycles. The van der Waals surface area contributed by atoms with Crippen molar-refractivity contribution in [2.24, 2.45) is 0 Å². The zero-order valence-electron chi connectivity index (χ0n) is 19.5. The molecule has 3 heterocycles. The van der Waals surface area contributed by atoms with Gasteiger partial charge >= 0.3 is 5.63 Å². The number of benzene rings is 3. The lowest BCUT2D eigenvalue weighted by Crippen LogP contribution is -2.02. The van der Waals surface area contributed by atoms with Crippen LogP contribution in [0, 0.1) is 10.1 Å². The van der Waals surface area contributed by atoms with E-state index in [1.165, 1.54) is 32.4 Å². The smallest absolute Gasteiger partial charge is 0.361 e. The Morgan fingerprint density at radius 2 is 1.62 bits per heavy atom. The van der Waals surface area contributed by atoms with Crippen LogP contribution in [0.1, 0.15) is 0 Å². The molecular formula is C27H18N2O8. The highest BCUT2D eigenvalue weighted by Crippen LogP contribution is 2.45. The lowest BCUT2D eigenvalue weighted by molar-refractivity contribution is -0.384. The first-order valence-corrected chi connectivity index (χ1v) is 11.1. The number of nitro groups is 1. The molecule has 0 saturated heterocycles. The summed E-state index contributed by atoms with van der Waals surface area (Å²) in [6.45, 7) is 0. The van der Waals surface area contributed by atoms with Gasteiger partial charge in [0.15, 0.2) is 23.0 Å². The minimum absolute atomic E-state index is 0.0578. The summed E-state index contributed by atoms with van der Waals surface area (Å²) < 4.78 is 17.9. The molecule has 6 aromatic rings. The summed E-state index contributed by atoms with van der Waals surface area (Å²) in [6, 6.07) is 13.9. The summed E-state index contributed by atoms with van der Waals surface area (Å²) in [6.07, 6.45) is 1.67. The van der Waals surface area contributed by atoms with Gasteiger partial charge in [-0.3, -0.25) is 10.1 Å². The highest BCUT2D eigenvalue weighted by molar-refractivity contribution is 6.21. The maximum atomic E-state index is 13.3. The maximum Gasteiger partial charge on any atom is 0.361 e. The van der Waals surface area contributed by atoms with Gasteiger partial charge in [0.2, 0.25) is 0 Å². The number of hydrogen-bond acceptors (Lipinski definition) is 8. The lowest BCUT2D eigenvalue weighted by Gasteiger charge is -2.10. The van der Waals surface area contributed by atoms with Crippen molar-refractivity contribution in [2.45, 2.75) is 0 Å². The number of non-ortho nitro benzene ring substituents is 1. The highest BCUT2D eigenvalue weighted by atomic mass is 16.6. The topological polar surface area (TPSA) is 137 Å². The Labute approximate surface area is 207 Å². The van der Waals surface area contributed by atoms with E-state index in [0.29, 0.717) is 38.2 Å². The van der Waals surface area contributed by atoms with Crippen LogP contribution in [0.15, 0.2) is 70.0 Å². The molecule has 3 aromatic carbocycles. The fourth-order valence-electron chi connectivity index (χ4n) is 4.91. The minimum Gasteiger partial charge on any atom is -0.504 e. The molecule has 2 N–H and O–H groups in total. The number of phenolic OH excluding ortho intramolecular Hbond substituents is 2. The molecule has 0 atom stereocenters. The van der Waals surface area contributed by atoms with Gasteiger partial charge in [0.1, 0.15) is 11.1 Å². The number of fused-ring (bicyclic) bond motifs is 7. The summed E-state index contributed by atoms with van der Waals surface area (Å²) in [7, 11) is 2.83. The van der Waals surface area contributed by atoms with E-state index in [2.05, 4.69) is 0 Å². The minimum atomic E-state index is -0.663. The third-order valence-electron chi connectivity index (χ3n) is 6.51. The van der Waals surface area contributed by atoms with Crippen molar-refractivity contribution in [1.29, 1.82) is 0 Å². The van der Waals surface area contributed by atoms with Gasteiger partial charge in [-0.05, 0) is 35.2 Å². The molecule has 184 valence electrons. The molecule has 0 spiro atoms. The molecule has 3 aromatic heterocycles. The van der Waals surface area contributed by atoms with Gasteiger partial charge in [-0.2, -0.15) is 0 Å². The van der Waals surface area contributed by atoms with Crippen LogP contribution >= 0.6 is 0 Å². The number of methoxy groups -OCH3 is 2. The highest BCUT2D eigenvalue weighted by Gasteiger charge is 2.24. The van der Waals surface area contributed by atoms with E-state index in [1.54, 1.807) is 47.0 Å². The second-order valence-corrected chi connectivity index (χ2v) is 8.46. The monoisotopic (exact) mass is 498 g/mol. The average molecular weight is 498 g/mol. The number of nitro benzene ring substituents is 1. The Morgan fingerprint density at radius 1 is 0.919 bits per heavy atom. The van der Waals surface area contributed by atoms with E-state index < -0.39 is 10.5 Å². The molecule has 0 aliphatic carbocycles. The van der Waals surface area contributed by atoms with E-state index in [0.717, 1.165) is 0 Å². The normalized spacial score (nSPS) is 11.5. The van der Waals surface area contributed by atoms with Crippen molar-refractivity contribution in [3.63, 3.8) is 0 Å². The van der Waals surface area contributed by atoms with Crippen molar-refractivity contribution in [1.82, 2.24) is 4.40 Å². The molecule has 10 heteroatoms. The number of pyridine rings is 1. The fraction of sp³-hybridized carbons (Fsp3) is 0.0741. The van der Waals surface area contributed by atoms with Crippen molar-refractivity contribution >= 4 is 43.8 Å². The Kier molecular flexibility index (Phi) is 4.74. The van der Waals surface area contributed by atoms with Crippen LogP contribution in [0.4, 0.5) is 5.69 Å². The Morgan fingerprint density at radius 3 is 2.32 bits per heavy atom. The zero-order valence-corrected chi connectivity index (χ0v) is 19.5. The standard InChI is InChI=1S/C27H18N2O8/c1-35-21-10-16-13(9-18(21)30)6-7-28-25(16)23(14-4-3-5-15(8-14)29(33)34)24-17-11-22(36-2)19(31)12-20(17)37-27(32)26(24)28/h3-12,30-31H,1-2H3. The molecule has 0 amide bonds. The van der Waals surface area contributed by atoms with Crippen LogP contribution in [-0.4, -0.2) is 33.8 Å². The third kappa shape index (κ3) is 3.16. The fourth-order valence-corrected chi connectivity index (χ4v) is 4.91. The number of aromatic nitrogens is 1. The first-order valence-electron chi connectivity index (χ1n) is 11.1. The van der Waals surface area contributed by atoms with Crippen molar-refractivity contribution < 1.29 is 29.0 Å². The van der Waals surface area contributed by atoms with Crippen molar-refractivity contribution in [3.8, 4) is 34.1 Å².